The number of benzene rings is 2. The third-order valence-electron chi connectivity index (χ3n) is 3.59. The molecule has 0 bridgehead atoms. The van der Waals surface area contributed by atoms with Crippen molar-refractivity contribution in [3.05, 3.63) is 71.8 Å². The van der Waals surface area contributed by atoms with Crippen LogP contribution in [-0.2, 0) is 5.41 Å². The molecule has 2 N–H and O–H groups in total. The van der Waals surface area contributed by atoms with E-state index in [9.17, 15) is 0 Å². The lowest BCUT2D eigenvalue weighted by molar-refractivity contribution is 0.793. The Morgan fingerprint density at radius 1 is 0.812 bits per heavy atom. The largest absolute Gasteiger partial charge is 0.327 e. The SMILES string of the molecule is N[C@H]1CC1(c1ccccc1)c1ccccc1. The standard InChI is InChI=1S/C15H15N/c16-14-11-15(14,12-7-3-1-4-8-12)13-9-5-2-6-10-13/h1-10,14H,11,16H2/t14-/m0/s1. The van der Waals surface area contributed by atoms with Crippen LogP contribution in [-0.4, -0.2) is 6.04 Å². The Morgan fingerprint density at radius 3 is 1.50 bits per heavy atom. The number of nitrogens with two attached hydrogens (primary N) is 1. The molecular weight excluding hydrogens is 194 g/mol. The van der Waals surface area contributed by atoms with Crippen LogP contribution >= 0.6 is 0 Å². The van der Waals surface area contributed by atoms with Gasteiger partial charge in [0.2, 0.25) is 0 Å². The second kappa shape index (κ2) is 3.46. The number of hydrogen-bond acceptors (Lipinski definition) is 1. The van der Waals surface area contributed by atoms with Crippen LogP contribution in [0.1, 0.15) is 17.5 Å². The van der Waals surface area contributed by atoms with E-state index in [1.807, 2.05) is 0 Å². The molecule has 2 aromatic rings. The number of hydrogen-bond donors (Lipinski definition) is 1. The second-order valence-corrected chi connectivity index (χ2v) is 4.51. The first-order chi connectivity index (χ1) is 7.84. The van der Waals surface area contributed by atoms with Gasteiger partial charge < -0.3 is 5.73 Å². The van der Waals surface area contributed by atoms with Gasteiger partial charge in [0.25, 0.3) is 0 Å². The summed E-state index contributed by atoms with van der Waals surface area (Å²) in [6.45, 7) is 0. The van der Waals surface area contributed by atoms with Crippen molar-refractivity contribution in [1.82, 2.24) is 0 Å². The van der Waals surface area contributed by atoms with Gasteiger partial charge in [-0.1, -0.05) is 60.7 Å². The Morgan fingerprint density at radius 2 is 1.19 bits per heavy atom. The average Bonchev–Trinajstić information content (AvgIpc) is 3.05. The zero-order valence-electron chi connectivity index (χ0n) is 9.14. The minimum absolute atomic E-state index is 0.0719. The Kier molecular flexibility index (Phi) is 2.08. The van der Waals surface area contributed by atoms with Crippen LogP contribution < -0.4 is 5.73 Å². The van der Waals surface area contributed by atoms with Crippen molar-refractivity contribution in [3.63, 3.8) is 0 Å². The summed E-state index contributed by atoms with van der Waals surface area (Å²) in [5.74, 6) is 0. The molecule has 0 radical (unpaired) electrons. The van der Waals surface area contributed by atoms with Gasteiger partial charge in [-0.25, -0.2) is 0 Å². The van der Waals surface area contributed by atoms with Crippen LogP contribution in [0.2, 0.25) is 0 Å². The van der Waals surface area contributed by atoms with Crippen molar-refractivity contribution in [1.29, 1.82) is 0 Å². The Hall–Kier alpha value is -1.60. The van der Waals surface area contributed by atoms with Crippen LogP contribution in [0.4, 0.5) is 0 Å². The fourth-order valence-electron chi connectivity index (χ4n) is 2.59. The quantitative estimate of drug-likeness (QED) is 0.808. The minimum atomic E-state index is 0.0719. The molecular formula is C15H15N. The third-order valence-corrected chi connectivity index (χ3v) is 3.59. The molecule has 1 aliphatic carbocycles. The van der Waals surface area contributed by atoms with Crippen LogP contribution in [0.25, 0.3) is 0 Å². The summed E-state index contributed by atoms with van der Waals surface area (Å²) in [7, 11) is 0. The molecule has 0 heterocycles. The smallest absolute Gasteiger partial charge is 0.0369 e. The first-order valence-electron chi connectivity index (χ1n) is 5.71. The van der Waals surface area contributed by atoms with Crippen LogP contribution in [0.15, 0.2) is 60.7 Å². The van der Waals surface area contributed by atoms with Gasteiger partial charge in [-0.05, 0) is 17.5 Å². The van der Waals surface area contributed by atoms with Crippen LogP contribution in [0.5, 0.6) is 0 Å². The highest BCUT2D eigenvalue weighted by Crippen LogP contribution is 2.52. The van der Waals surface area contributed by atoms with Gasteiger partial charge in [0.15, 0.2) is 0 Å². The highest BCUT2D eigenvalue weighted by molar-refractivity contribution is 5.48. The van der Waals surface area contributed by atoms with Crippen molar-refractivity contribution in [2.45, 2.75) is 17.9 Å². The highest BCUT2D eigenvalue weighted by Gasteiger charge is 2.54. The van der Waals surface area contributed by atoms with Gasteiger partial charge >= 0.3 is 0 Å². The molecule has 0 saturated heterocycles. The monoisotopic (exact) mass is 209 g/mol. The van der Waals surface area contributed by atoms with E-state index in [1.165, 1.54) is 11.1 Å². The van der Waals surface area contributed by atoms with E-state index in [0.29, 0.717) is 0 Å². The molecule has 1 nitrogen and oxygen atoms in total. The summed E-state index contributed by atoms with van der Waals surface area (Å²) in [6.07, 6.45) is 1.06. The van der Waals surface area contributed by atoms with E-state index < -0.39 is 0 Å². The fraction of sp³-hybridized carbons (Fsp3) is 0.200. The zero-order chi connectivity index (χ0) is 11.0. The van der Waals surface area contributed by atoms with Crippen LogP contribution in [0, 0.1) is 0 Å². The molecule has 0 amide bonds. The molecule has 1 aliphatic rings. The van der Waals surface area contributed by atoms with Gasteiger partial charge in [0.05, 0.1) is 0 Å². The zero-order valence-corrected chi connectivity index (χ0v) is 9.14. The molecule has 0 aromatic heterocycles. The predicted molar refractivity (Wildman–Crippen MR) is 66.3 cm³/mol. The topological polar surface area (TPSA) is 26.0 Å². The normalized spacial score (nSPS) is 21.7. The summed E-state index contributed by atoms with van der Waals surface area (Å²) in [6, 6.07) is 21.4. The lowest BCUT2D eigenvalue weighted by atomic mass is 9.87. The Labute approximate surface area is 95.9 Å². The van der Waals surface area contributed by atoms with E-state index in [2.05, 4.69) is 60.7 Å². The molecule has 80 valence electrons. The molecule has 1 atom stereocenters. The summed E-state index contributed by atoms with van der Waals surface area (Å²) >= 11 is 0. The van der Waals surface area contributed by atoms with Gasteiger partial charge in [0.1, 0.15) is 0 Å². The summed E-state index contributed by atoms with van der Waals surface area (Å²) in [5.41, 5.74) is 8.92. The minimum Gasteiger partial charge on any atom is -0.327 e. The molecule has 16 heavy (non-hydrogen) atoms. The second-order valence-electron chi connectivity index (χ2n) is 4.51. The maximum absolute atomic E-state index is 6.17. The van der Waals surface area contributed by atoms with Gasteiger partial charge in [0, 0.05) is 11.5 Å². The molecule has 0 spiro atoms. The first-order valence-corrected chi connectivity index (χ1v) is 5.71. The summed E-state index contributed by atoms with van der Waals surface area (Å²) in [4.78, 5) is 0. The maximum Gasteiger partial charge on any atom is 0.0369 e. The predicted octanol–water partition coefficient (Wildman–Crippen LogP) is 2.70. The van der Waals surface area contributed by atoms with Crippen molar-refractivity contribution in [2.24, 2.45) is 5.73 Å². The Balaban J connectivity index is 2.10. The van der Waals surface area contributed by atoms with Crippen LogP contribution in [0.3, 0.4) is 0 Å². The molecule has 0 unspecified atom stereocenters. The van der Waals surface area contributed by atoms with Crippen molar-refractivity contribution in [3.8, 4) is 0 Å². The molecule has 2 aromatic carbocycles. The molecule has 0 aliphatic heterocycles. The van der Waals surface area contributed by atoms with Crippen molar-refractivity contribution >= 4 is 0 Å². The average molecular weight is 209 g/mol. The number of rotatable bonds is 2. The lowest BCUT2D eigenvalue weighted by Crippen LogP contribution is -2.19. The van der Waals surface area contributed by atoms with E-state index in [1.54, 1.807) is 0 Å². The van der Waals surface area contributed by atoms with E-state index in [4.69, 9.17) is 5.73 Å². The summed E-state index contributed by atoms with van der Waals surface area (Å²) < 4.78 is 0. The molecule has 1 heteroatoms. The van der Waals surface area contributed by atoms with E-state index in [0.717, 1.165) is 6.42 Å². The molecule has 3 rings (SSSR count). The third kappa shape index (κ3) is 1.29. The van der Waals surface area contributed by atoms with Gasteiger partial charge in [-0.2, -0.15) is 0 Å². The molecule has 1 fully saturated rings. The fourth-order valence-corrected chi connectivity index (χ4v) is 2.59. The van der Waals surface area contributed by atoms with E-state index >= 15 is 0 Å². The Bertz CT molecular complexity index is 436. The van der Waals surface area contributed by atoms with Gasteiger partial charge in [-0.3, -0.25) is 0 Å². The maximum atomic E-state index is 6.17. The van der Waals surface area contributed by atoms with E-state index in [-0.39, 0.29) is 11.5 Å². The van der Waals surface area contributed by atoms with Crippen molar-refractivity contribution < 1.29 is 0 Å². The van der Waals surface area contributed by atoms with Gasteiger partial charge in [-0.15, -0.1) is 0 Å². The first kappa shape index (κ1) is 9.61. The van der Waals surface area contributed by atoms with Crippen molar-refractivity contribution in [2.75, 3.05) is 0 Å². The lowest BCUT2D eigenvalue weighted by Gasteiger charge is -2.17. The summed E-state index contributed by atoms with van der Waals surface area (Å²) in [5, 5.41) is 0. The highest BCUT2D eigenvalue weighted by atomic mass is 14.8. The molecule has 1 saturated carbocycles.